The summed E-state index contributed by atoms with van der Waals surface area (Å²) in [4.78, 5) is 6.73. The molecule has 1 aromatic carbocycles. The van der Waals surface area contributed by atoms with E-state index in [1.807, 2.05) is 30.3 Å². The van der Waals surface area contributed by atoms with E-state index in [0.717, 1.165) is 17.6 Å². The summed E-state index contributed by atoms with van der Waals surface area (Å²) >= 11 is 5.80. The minimum absolute atomic E-state index is 0.0824. The highest BCUT2D eigenvalue weighted by molar-refractivity contribution is 7.92. The van der Waals surface area contributed by atoms with E-state index in [1.165, 1.54) is 37.7 Å². The number of anilines is 2. The summed E-state index contributed by atoms with van der Waals surface area (Å²) in [6.07, 6.45) is 13.7. The lowest BCUT2D eigenvalue weighted by Gasteiger charge is -2.28. The Balaban J connectivity index is 1.51. The van der Waals surface area contributed by atoms with Crippen molar-refractivity contribution in [1.82, 2.24) is 14.9 Å². The van der Waals surface area contributed by atoms with Crippen LogP contribution in [0.4, 0.5) is 11.4 Å². The minimum atomic E-state index is -3.34. The lowest BCUT2D eigenvalue weighted by molar-refractivity contribution is 0.353. The van der Waals surface area contributed by atoms with Gasteiger partial charge in [-0.15, -0.1) is 0 Å². The maximum atomic E-state index is 11.6. The van der Waals surface area contributed by atoms with E-state index in [-0.39, 0.29) is 12.1 Å². The number of rotatable bonds is 6. The van der Waals surface area contributed by atoms with Crippen molar-refractivity contribution >= 4 is 38.7 Å². The molecule has 2 N–H and O–H groups in total. The third-order valence-corrected chi connectivity index (χ3v) is 7.54. The van der Waals surface area contributed by atoms with Gasteiger partial charge in [-0.1, -0.05) is 25.3 Å². The van der Waals surface area contributed by atoms with Crippen LogP contribution in [0.5, 0.6) is 0 Å². The van der Waals surface area contributed by atoms with Crippen LogP contribution in [0.1, 0.15) is 61.5 Å². The Bertz CT molecular complexity index is 1250. The normalized spacial score (nSPS) is 21.4. The highest BCUT2D eigenvalue weighted by Crippen LogP contribution is 2.42. The van der Waals surface area contributed by atoms with Gasteiger partial charge in [0.15, 0.2) is 5.11 Å². The average Bonchev–Trinajstić information content (AvgIpc) is 3.44. The van der Waals surface area contributed by atoms with Gasteiger partial charge in [0.05, 0.1) is 24.0 Å². The van der Waals surface area contributed by atoms with E-state index in [0.29, 0.717) is 16.8 Å². The second-order valence-corrected chi connectivity index (χ2v) is 11.2. The fourth-order valence-electron chi connectivity index (χ4n) is 5.09. The fourth-order valence-corrected chi connectivity index (χ4v) is 6.00. The summed E-state index contributed by atoms with van der Waals surface area (Å²) in [5.41, 5.74) is 3.51. The third kappa shape index (κ3) is 4.81. The van der Waals surface area contributed by atoms with Crippen LogP contribution in [0.3, 0.4) is 0 Å². The molecule has 2 fully saturated rings. The number of sulfonamides is 1. The van der Waals surface area contributed by atoms with Crippen LogP contribution >= 0.6 is 12.2 Å². The van der Waals surface area contributed by atoms with Crippen molar-refractivity contribution in [2.45, 2.75) is 50.2 Å². The van der Waals surface area contributed by atoms with E-state index < -0.39 is 10.0 Å². The molecule has 0 amide bonds. The van der Waals surface area contributed by atoms with Crippen LogP contribution in [0.15, 0.2) is 67.1 Å². The molecule has 0 bridgehead atoms. The highest BCUT2D eigenvalue weighted by Gasteiger charge is 2.41. The first-order chi connectivity index (χ1) is 16.4. The molecule has 2 atom stereocenters. The number of pyridine rings is 1. The molecule has 9 heteroatoms. The molecular weight excluding hydrogens is 466 g/mol. The second-order valence-electron chi connectivity index (χ2n) is 9.10. The molecule has 5 rings (SSSR count). The van der Waals surface area contributed by atoms with Crippen LogP contribution in [-0.4, -0.2) is 29.3 Å². The van der Waals surface area contributed by atoms with Gasteiger partial charge in [0.2, 0.25) is 10.0 Å². The van der Waals surface area contributed by atoms with E-state index in [9.17, 15) is 8.42 Å². The quantitative estimate of drug-likeness (QED) is 0.472. The van der Waals surface area contributed by atoms with E-state index in [1.54, 1.807) is 18.3 Å². The molecule has 1 saturated heterocycles. The molecule has 0 spiro atoms. The van der Waals surface area contributed by atoms with Crippen molar-refractivity contribution in [3.8, 4) is 0 Å². The topological polar surface area (TPSA) is 79.3 Å². The van der Waals surface area contributed by atoms with Gasteiger partial charge in [-0.2, -0.15) is 0 Å². The number of aromatic nitrogens is 2. The first kappa shape index (κ1) is 22.9. The van der Waals surface area contributed by atoms with Crippen molar-refractivity contribution < 1.29 is 8.42 Å². The zero-order chi connectivity index (χ0) is 23.7. The average molecular weight is 496 g/mol. The molecule has 2 aliphatic rings. The Morgan fingerprint density at radius 1 is 1.06 bits per heavy atom. The second kappa shape index (κ2) is 9.38. The summed E-state index contributed by atoms with van der Waals surface area (Å²) in [5.74, 6) is 0. The van der Waals surface area contributed by atoms with Gasteiger partial charge in [-0.3, -0.25) is 9.71 Å². The van der Waals surface area contributed by atoms with Crippen molar-refractivity contribution in [1.29, 1.82) is 0 Å². The summed E-state index contributed by atoms with van der Waals surface area (Å²) in [7, 11) is -3.34. The molecular formula is C25H29N5O2S2. The van der Waals surface area contributed by atoms with E-state index in [4.69, 9.17) is 12.2 Å². The molecule has 3 heterocycles. The molecule has 0 unspecified atom stereocenters. The Labute approximate surface area is 206 Å². The third-order valence-electron chi connectivity index (χ3n) is 6.62. The SMILES string of the molecule is CS(=O)(=O)Nc1ccc(N2C(=S)N[C@@H](c3ccccn3)[C@H]2c2ccn(C3CCCCC3)c2)cc1. The van der Waals surface area contributed by atoms with Crippen LogP contribution in [0.25, 0.3) is 0 Å². The predicted molar refractivity (Wildman–Crippen MR) is 139 cm³/mol. The molecule has 1 aliphatic heterocycles. The van der Waals surface area contributed by atoms with Crippen molar-refractivity contribution in [2.24, 2.45) is 0 Å². The van der Waals surface area contributed by atoms with Crippen LogP contribution in [-0.2, 0) is 10.0 Å². The molecule has 1 saturated carbocycles. The lowest BCUT2D eigenvalue weighted by Crippen LogP contribution is -2.29. The summed E-state index contributed by atoms with van der Waals surface area (Å²) in [6, 6.07) is 15.8. The fraction of sp³-hybridized carbons (Fsp3) is 0.360. The standard InChI is InChI=1S/C25H29N5O2S2/c1-34(31,32)28-19-10-12-21(13-11-19)30-24(23(27-25(30)33)22-9-5-6-15-26-22)18-14-16-29(17-18)20-7-3-2-4-8-20/h5-6,9-17,20,23-24,28H,2-4,7-8H2,1H3,(H,27,33)/t23-,24+/m0/s1. The number of hydrogen-bond donors (Lipinski definition) is 2. The highest BCUT2D eigenvalue weighted by atomic mass is 32.2. The Hall–Kier alpha value is -2.91. The van der Waals surface area contributed by atoms with E-state index in [2.05, 4.69) is 42.9 Å². The number of nitrogens with zero attached hydrogens (tertiary/aromatic N) is 3. The molecule has 34 heavy (non-hydrogen) atoms. The van der Waals surface area contributed by atoms with Crippen molar-refractivity contribution in [2.75, 3.05) is 15.9 Å². The van der Waals surface area contributed by atoms with Gasteiger partial charge >= 0.3 is 0 Å². The molecule has 178 valence electrons. The van der Waals surface area contributed by atoms with Gasteiger partial charge in [-0.25, -0.2) is 8.42 Å². The minimum Gasteiger partial charge on any atom is -0.351 e. The summed E-state index contributed by atoms with van der Waals surface area (Å²) < 4.78 is 28.1. The first-order valence-corrected chi connectivity index (χ1v) is 13.9. The monoisotopic (exact) mass is 495 g/mol. The Kier molecular flexibility index (Phi) is 6.31. The van der Waals surface area contributed by atoms with Gasteiger partial charge in [0, 0.05) is 36.0 Å². The lowest BCUT2D eigenvalue weighted by atomic mass is 9.95. The summed E-state index contributed by atoms with van der Waals surface area (Å²) in [5, 5.41) is 4.10. The van der Waals surface area contributed by atoms with Gasteiger partial charge < -0.3 is 14.8 Å². The first-order valence-electron chi connectivity index (χ1n) is 11.6. The van der Waals surface area contributed by atoms with Gasteiger partial charge in [0.1, 0.15) is 0 Å². The molecule has 1 aliphatic carbocycles. The number of thiocarbonyl (C=S) groups is 1. The smallest absolute Gasteiger partial charge is 0.229 e. The van der Waals surface area contributed by atoms with Crippen molar-refractivity contribution in [3.63, 3.8) is 0 Å². The molecule has 7 nitrogen and oxygen atoms in total. The summed E-state index contributed by atoms with van der Waals surface area (Å²) in [6.45, 7) is 0. The molecule has 0 radical (unpaired) electrons. The maximum absolute atomic E-state index is 11.6. The molecule has 3 aromatic rings. The molecule has 2 aromatic heterocycles. The van der Waals surface area contributed by atoms with Gasteiger partial charge in [-0.05, 0) is 73.1 Å². The van der Waals surface area contributed by atoms with Crippen LogP contribution in [0.2, 0.25) is 0 Å². The number of benzene rings is 1. The Morgan fingerprint density at radius 2 is 1.82 bits per heavy atom. The van der Waals surface area contributed by atoms with Gasteiger partial charge in [0.25, 0.3) is 0 Å². The predicted octanol–water partition coefficient (Wildman–Crippen LogP) is 4.94. The zero-order valence-corrected chi connectivity index (χ0v) is 20.7. The zero-order valence-electron chi connectivity index (χ0n) is 19.1. The Morgan fingerprint density at radius 3 is 2.50 bits per heavy atom. The number of hydrogen-bond acceptors (Lipinski definition) is 4. The van der Waals surface area contributed by atoms with Crippen LogP contribution < -0.4 is 14.9 Å². The van der Waals surface area contributed by atoms with Crippen LogP contribution in [0, 0.1) is 0 Å². The number of nitrogens with one attached hydrogen (secondary N) is 2. The van der Waals surface area contributed by atoms with E-state index >= 15 is 0 Å². The maximum Gasteiger partial charge on any atom is 0.229 e. The van der Waals surface area contributed by atoms with Crippen molar-refractivity contribution in [3.05, 3.63) is 78.4 Å². The largest absolute Gasteiger partial charge is 0.351 e.